The average Bonchev–Trinajstić information content (AvgIpc) is 2.88. The van der Waals surface area contributed by atoms with Gasteiger partial charge in [-0.25, -0.2) is 14.4 Å². The van der Waals surface area contributed by atoms with Gasteiger partial charge in [0.1, 0.15) is 0 Å². The molecule has 0 spiro atoms. The van der Waals surface area contributed by atoms with Gasteiger partial charge < -0.3 is 31.9 Å². The summed E-state index contributed by atoms with van der Waals surface area (Å²) < 4.78 is 0. The lowest BCUT2D eigenvalue weighted by atomic mass is 9.85. The molecule has 0 atom stereocenters. The molecular weight excluding hydrogens is 492 g/mol. The molecule has 0 radical (unpaired) electrons. The van der Waals surface area contributed by atoms with Crippen LogP contribution in [0.25, 0.3) is 0 Å². The normalized spacial score (nSPS) is 9.85. The molecule has 0 heterocycles. The minimum absolute atomic E-state index is 0. The van der Waals surface area contributed by atoms with Gasteiger partial charge in [-0.15, -0.1) is 0 Å². The highest BCUT2D eigenvalue weighted by Gasteiger charge is 2.18. The van der Waals surface area contributed by atoms with Gasteiger partial charge in [-0.05, 0) is 73.9 Å². The van der Waals surface area contributed by atoms with Gasteiger partial charge in [-0.2, -0.15) is 0 Å². The average molecular weight is 535 g/mol. The number of carbonyl (C=O) groups excluding carboxylic acids is 3. The Morgan fingerprint density at radius 2 is 0.718 bits per heavy atom. The molecule has 3 aromatic rings. The zero-order valence-electron chi connectivity index (χ0n) is 21.4. The van der Waals surface area contributed by atoms with Crippen LogP contribution in [0, 0.1) is 0 Å². The lowest BCUT2D eigenvalue weighted by Crippen LogP contribution is -2.28. The zero-order chi connectivity index (χ0) is 26.6. The summed E-state index contributed by atoms with van der Waals surface area (Å²) in [5.41, 5.74) is 5.14. The number of urea groups is 3. The van der Waals surface area contributed by atoms with E-state index in [0.717, 1.165) is 16.7 Å². The molecule has 0 fully saturated rings. The second-order valence-electron chi connectivity index (χ2n) is 8.25. The summed E-state index contributed by atoms with van der Waals surface area (Å²) in [6, 6.07) is 22.3. The molecule has 0 saturated carbocycles. The van der Waals surface area contributed by atoms with Gasteiger partial charge in [0.2, 0.25) is 0 Å². The third-order valence-corrected chi connectivity index (χ3v) is 5.52. The lowest BCUT2D eigenvalue weighted by molar-refractivity contribution is 0.251. The Labute approximate surface area is 232 Å². The SMILES string of the molecule is C.C.CCNC(=O)Nc1ccc(C(c2ccc(NC(=O)NCC)cc2)c2ccc(NC(=O)NCC)cc2)cc1. The van der Waals surface area contributed by atoms with Crippen LogP contribution in [-0.2, 0) is 0 Å². The van der Waals surface area contributed by atoms with Crippen molar-refractivity contribution in [3.05, 3.63) is 89.5 Å². The van der Waals surface area contributed by atoms with Crippen LogP contribution in [0.3, 0.4) is 0 Å². The van der Waals surface area contributed by atoms with E-state index in [1.807, 2.05) is 93.6 Å². The molecule has 0 unspecified atom stereocenters. The smallest absolute Gasteiger partial charge is 0.319 e. The highest BCUT2D eigenvalue weighted by molar-refractivity contribution is 5.90. The monoisotopic (exact) mass is 534 g/mol. The maximum Gasteiger partial charge on any atom is 0.319 e. The first-order valence-electron chi connectivity index (χ1n) is 12.4. The molecule has 3 rings (SSSR count). The summed E-state index contributed by atoms with van der Waals surface area (Å²) in [6.45, 7) is 7.22. The van der Waals surface area contributed by atoms with E-state index in [-0.39, 0.29) is 38.9 Å². The fourth-order valence-corrected chi connectivity index (χ4v) is 3.86. The lowest BCUT2D eigenvalue weighted by Gasteiger charge is -2.20. The molecular formula is C30H42N6O3. The van der Waals surface area contributed by atoms with E-state index >= 15 is 0 Å². The standard InChI is InChI=1S/C28H34N6O3.2CH4/c1-4-29-26(35)32-22-13-7-19(8-14-22)25(20-9-15-23(16-10-20)33-27(36)30-5-2)21-11-17-24(18-12-21)34-28(37)31-6-3;;/h7-18,25H,4-6H2,1-3H3,(H2,29,32,35)(H2,30,33,36)(H2,31,34,37);2*1H4. The Kier molecular flexibility index (Phi) is 13.6. The van der Waals surface area contributed by atoms with Gasteiger partial charge in [-0.1, -0.05) is 51.3 Å². The Hall–Kier alpha value is -4.53. The van der Waals surface area contributed by atoms with E-state index in [4.69, 9.17) is 0 Å². The highest BCUT2D eigenvalue weighted by atomic mass is 16.2. The van der Waals surface area contributed by atoms with Crippen molar-refractivity contribution in [1.82, 2.24) is 16.0 Å². The van der Waals surface area contributed by atoms with E-state index in [9.17, 15) is 14.4 Å². The fourth-order valence-electron chi connectivity index (χ4n) is 3.86. The van der Waals surface area contributed by atoms with E-state index < -0.39 is 0 Å². The Balaban J connectivity index is 0.00000380. The maximum absolute atomic E-state index is 11.9. The largest absolute Gasteiger partial charge is 0.338 e. The first kappa shape index (κ1) is 32.5. The van der Waals surface area contributed by atoms with Crippen molar-refractivity contribution in [2.75, 3.05) is 35.6 Å². The van der Waals surface area contributed by atoms with Crippen molar-refractivity contribution in [2.24, 2.45) is 0 Å². The summed E-state index contributed by atoms with van der Waals surface area (Å²) in [4.78, 5) is 35.6. The van der Waals surface area contributed by atoms with Crippen molar-refractivity contribution in [2.45, 2.75) is 41.5 Å². The molecule has 9 heteroatoms. The van der Waals surface area contributed by atoms with Crippen LogP contribution in [0.2, 0.25) is 0 Å². The molecule has 0 bridgehead atoms. The van der Waals surface area contributed by atoms with Gasteiger partial charge in [0.15, 0.2) is 0 Å². The summed E-state index contributed by atoms with van der Waals surface area (Å²) in [5, 5.41) is 16.6. The number of hydrogen-bond acceptors (Lipinski definition) is 3. The molecule has 0 aliphatic carbocycles. The number of benzene rings is 3. The highest BCUT2D eigenvalue weighted by Crippen LogP contribution is 2.34. The van der Waals surface area contributed by atoms with Gasteiger partial charge in [0, 0.05) is 42.6 Å². The molecule has 3 aromatic carbocycles. The number of amides is 6. The number of anilines is 3. The molecule has 6 N–H and O–H groups in total. The summed E-state index contributed by atoms with van der Waals surface area (Å²) in [5.74, 6) is -0.115. The molecule has 210 valence electrons. The number of rotatable bonds is 9. The van der Waals surface area contributed by atoms with Gasteiger partial charge >= 0.3 is 18.1 Å². The minimum atomic E-state index is -0.253. The number of carbonyl (C=O) groups is 3. The van der Waals surface area contributed by atoms with Gasteiger partial charge in [-0.3, -0.25) is 0 Å². The van der Waals surface area contributed by atoms with Crippen molar-refractivity contribution >= 4 is 35.2 Å². The van der Waals surface area contributed by atoms with Crippen LogP contribution >= 0.6 is 0 Å². The molecule has 0 aliphatic rings. The number of nitrogens with one attached hydrogen (secondary N) is 6. The second kappa shape index (κ2) is 16.3. The Morgan fingerprint density at radius 3 is 0.923 bits per heavy atom. The summed E-state index contributed by atoms with van der Waals surface area (Å²) >= 11 is 0. The molecule has 39 heavy (non-hydrogen) atoms. The second-order valence-corrected chi connectivity index (χ2v) is 8.25. The predicted octanol–water partition coefficient (Wildman–Crippen LogP) is 6.56. The Morgan fingerprint density at radius 1 is 0.487 bits per heavy atom. The number of hydrogen-bond donors (Lipinski definition) is 6. The summed E-state index contributed by atoms with van der Waals surface area (Å²) in [7, 11) is 0. The molecule has 0 aliphatic heterocycles. The maximum atomic E-state index is 11.9. The van der Waals surface area contributed by atoms with E-state index in [0.29, 0.717) is 36.7 Å². The van der Waals surface area contributed by atoms with Crippen LogP contribution in [0.4, 0.5) is 31.4 Å². The van der Waals surface area contributed by atoms with Crippen LogP contribution in [0.15, 0.2) is 72.8 Å². The molecule has 9 nitrogen and oxygen atoms in total. The van der Waals surface area contributed by atoms with E-state index in [1.165, 1.54) is 0 Å². The molecule has 0 saturated heterocycles. The van der Waals surface area contributed by atoms with Crippen molar-refractivity contribution < 1.29 is 14.4 Å². The third kappa shape index (κ3) is 9.70. The van der Waals surface area contributed by atoms with Gasteiger partial charge in [0.05, 0.1) is 0 Å². The quantitative estimate of drug-likeness (QED) is 0.174. The van der Waals surface area contributed by atoms with Gasteiger partial charge in [0.25, 0.3) is 0 Å². The fraction of sp³-hybridized carbons (Fsp3) is 0.300. The Bertz CT molecular complexity index is 1030. The zero-order valence-corrected chi connectivity index (χ0v) is 21.4. The molecule has 0 aromatic heterocycles. The van der Waals surface area contributed by atoms with Crippen molar-refractivity contribution in [3.63, 3.8) is 0 Å². The van der Waals surface area contributed by atoms with E-state index in [1.54, 1.807) is 0 Å². The summed E-state index contributed by atoms with van der Waals surface area (Å²) in [6.07, 6.45) is 0. The first-order valence-corrected chi connectivity index (χ1v) is 12.4. The van der Waals surface area contributed by atoms with Crippen LogP contribution in [0.1, 0.15) is 58.2 Å². The van der Waals surface area contributed by atoms with Crippen LogP contribution in [-0.4, -0.2) is 37.7 Å². The first-order chi connectivity index (χ1) is 17.9. The van der Waals surface area contributed by atoms with Crippen LogP contribution < -0.4 is 31.9 Å². The minimum Gasteiger partial charge on any atom is -0.338 e. The van der Waals surface area contributed by atoms with Crippen molar-refractivity contribution in [3.8, 4) is 0 Å². The van der Waals surface area contributed by atoms with E-state index in [2.05, 4.69) is 31.9 Å². The third-order valence-electron chi connectivity index (χ3n) is 5.52. The van der Waals surface area contributed by atoms with Crippen molar-refractivity contribution in [1.29, 1.82) is 0 Å². The molecule has 6 amide bonds. The van der Waals surface area contributed by atoms with Crippen LogP contribution in [0.5, 0.6) is 0 Å². The topological polar surface area (TPSA) is 123 Å². The predicted molar refractivity (Wildman–Crippen MR) is 162 cm³/mol.